The van der Waals surface area contributed by atoms with Crippen LogP contribution >= 0.6 is 0 Å². The Labute approximate surface area is 126 Å². The van der Waals surface area contributed by atoms with Gasteiger partial charge in [-0.1, -0.05) is 13.0 Å². The SMILES string of the molecule is CCc1ccc(S(N)(=O)=O)cc1C(=O)N1CCCC1(C)C. The molecule has 0 unspecified atom stereocenters. The van der Waals surface area contributed by atoms with E-state index in [1.54, 1.807) is 6.07 Å². The van der Waals surface area contributed by atoms with E-state index in [-0.39, 0.29) is 16.3 Å². The number of sulfonamides is 1. The minimum Gasteiger partial charge on any atom is -0.334 e. The van der Waals surface area contributed by atoms with Gasteiger partial charge in [0.15, 0.2) is 0 Å². The van der Waals surface area contributed by atoms with Gasteiger partial charge < -0.3 is 4.90 Å². The number of hydrogen-bond donors (Lipinski definition) is 1. The molecule has 1 aromatic rings. The largest absolute Gasteiger partial charge is 0.334 e. The molecule has 116 valence electrons. The molecule has 0 saturated carbocycles. The van der Waals surface area contributed by atoms with Gasteiger partial charge in [-0.05, 0) is 50.8 Å². The smallest absolute Gasteiger partial charge is 0.254 e. The molecule has 1 aliphatic rings. The number of rotatable bonds is 3. The van der Waals surface area contributed by atoms with E-state index >= 15 is 0 Å². The average molecular weight is 310 g/mol. The van der Waals surface area contributed by atoms with Gasteiger partial charge in [0.25, 0.3) is 5.91 Å². The molecule has 0 spiro atoms. The van der Waals surface area contributed by atoms with Gasteiger partial charge >= 0.3 is 0 Å². The van der Waals surface area contributed by atoms with E-state index in [2.05, 4.69) is 0 Å². The number of hydrogen-bond acceptors (Lipinski definition) is 3. The van der Waals surface area contributed by atoms with Crippen LogP contribution in [0.3, 0.4) is 0 Å². The summed E-state index contributed by atoms with van der Waals surface area (Å²) in [5, 5.41) is 5.17. The Hall–Kier alpha value is -1.40. The number of benzene rings is 1. The molecule has 1 saturated heterocycles. The van der Waals surface area contributed by atoms with Crippen LogP contribution in [0, 0.1) is 0 Å². The lowest BCUT2D eigenvalue weighted by Crippen LogP contribution is -2.43. The zero-order valence-corrected chi connectivity index (χ0v) is 13.5. The molecule has 1 amide bonds. The second kappa shape index (κ2) is 5.42. The van der Waals surface area contributed by atoms with Crippen LogP contribution in [0.25, 0.3) is 0 Å². The predicted octanol–water partition coefficient (Wildman–Crippen LogP) is 1.91. The summed E-state index contributed by atoms with van der Waals surface area (Å²) < 4.78 is 23.0. The molecule has 1 fully saturated rings. The van der Waals surface area contributed by atoms with Gasteiger partial charge in [-0.25, -0.2) is 13.6 Å². The zero-order chi connectivity index (χ0) is 15.8. The van der Waals surface area contributed by atoms with E-state index in [1.165, 1.54) is 12.1 Å². The minimum absolute atomic E-state index is 0.0138. The Balaban J connectivity index is 2.49. The van der Waals surface area contributed by atoms with Crippen molar-refractivity contribution in [2.75, 3.05) is 6.54 Å². The maximum absolute atomic E-state index is 12.8. The monoisotopic (exact) mass is 310 g/mol. The summed E-state index contributed by atoms with van der Waals surface area (Å²) in [6, 6.07) is 4.54. The summed E-state index contributed by atoms with van der Waals surface area (Å²) in [5.41, 5.74) is 1.09. The van der Waals surface area contributed by atoms with Crippen molar-refractivity contribution in [1.82, 2.24) is 4.90 Å². The first-order chi connectivity index (χ1) is 9.66. The minimum atomic E-state index is -3.81. The van der Waals surface area contributed by atoms with Crippen LogP contribution in [0.4, 0.5) is 0 Å². The van der Waals surface area contributed by atoms with Gasteiger partial charge in [0, 0.05) is 17.6 Å². The third-order valence-corrected chi connectivity index (χ3v) is 5.08. The number of amides is 1. The maximum atomic E-state index is 12.8. The molecule has 1 aliphatic heterocycles. The van der Waals surface area contributed by atoms with Crippen molar-refractivity contribution >= 4 is 15.9 Å². The molecule has 0 aliphatic carbocycles. The Morgan fingerprint density at radius 2 is 2.05 bits per heavy atom. The van der Waals surface area contributed by atoms with Crippen molar-refractivity contribution in [3.8, 4) is 0 Å². The fraction of sp³-hybridized carbons (Fsp3) is 0.533. The van der Waals surface area contributed by atoms with Crippen LogP contribution in [0.2, 0.25) is 0 Å². The third-order valence-electron chi connectivity index (χ3n) is 4.17. The van der Waals surface area contributed by atoms with E-state index in [4.69, 9.17) is 5.14 Å². The highest BCUT2D eigenvalue weighted by Gasteiger charge is 2.36. The summed E-state index contributed by atoms with van der Waals surface area (Å²) in [7, 11) is -3.81. The molecule has 5 nitrogen and oxygen atoms in total. The number of aryl methyl sites for hydroxylation is 1. The molecule has 2 rings (SSSR count). The lowest BCUT2D eigenvalue weighted by molar-refractivity contribution is 0.0650. The normalized spacial score (nSPS) is 18.0. The maximum Gasteiger partial charge on any atom is 0.254 e. The number of nitrogens with zero attached hydrogens (tertiary/aromatic N) is 1. The lowest BCUT2D eigenvalue weighted by Gasteiger charge is -2.32. The van der Waals surface area contributed by atoms with Crippen LogP contribution in [0.15, 0.2) is 23.1 Å². The van der Waals surface area contributed by atoms with Crippen molar-refractivity contribution in [2.45, 2.75) is 50.5 Å². The molecule has 0 atom stereocenters. The van der Waals surface area contributed by atoms with E-state index < -0.39 is 10.0 Å². The zero-order valence-electron chi connectivity index (χ0n) is 12.7. The predicted molar refractivity (Wildman–Crippen MR) is 81.5 cm³/mol. The Kier molecular flexibility index (Phi) is 4.13. The molecule has 1 aromatic carbocycles. The fourth-order valence-electron chi connectivity index (χ4n) is 2.87. The van der Waals surface area contributed by atoms with E-state index in [1.807, 2.05) is 25.7 Å². The third kappa shape index (κ3) is 3.11. The highest BCUT2D eigenvalue weighted by atomic mass is 32.2. The summed E-state index contributed by atoms with van der Waals surface area (Å²) in [6.07, 6.45) is 2.59. The fourth-order valence-corrected chi connectivity index (χ4v) is 3.41. The average Bonchev–Trinajstić information content (AvgIpc) is 2.75. The standard InChI is InChI=1S/C15H22N2O3S/c1-4-11-6-7-12(21(16,19)20)10-13(11)14(18)17-9-5-8-15(17,2)3/h6-7,10H,4-5,8-9H2,1-3H3,(H2,16,19,20). The summed E-state index contributed by atoms with van der Waals surface area (Å²) >= 11 is 0. The van der Waals surface area contributed by atoms with Gasteiger partial charge in [-0.15, -0.1) is 0 Å². The highest BCUT2D eigenvalue weighted by molar-refractivity contribution is 7.89. The number of likely N-dealkylation sites (tertiary alicyclic amines) is 1. The van der Waals surface area contributed by atoms with Gasteiger partial charge in [0.1, 0.15) is 0 Å². The van der Waals surface area contributed by atoms with E-state index in [0.29, 0.717) is 18.5 Å². The molecular formula is C15H22N2O3S. The molecule has 6 heteroatoms. The first-order valence-corrected chi connectivity index (χ1v) is 8.69. The molecule has 0 bridgehead atoms. The molecule has 2 N–H and O–H groups in total. The van der Waals surface area contributed by atoms with E-state index in [9.17, 15) is 13.2 Å². The second-order valence-electron chi connectivity index (χ2n) is 6.09. The highest BCUT2D eigenvalue weighted by Crippen LogP contribution is 2.31. The van der Waals surface area contributed by atoms with Crippen LogP contribution in [0.5, 0.6) is 0 Å². The number of nitrogens with two attached hydrogens (primary N) is 1. The number of carbonyl (C=O) groups excluding carboxylic acids is 1. The van der Waals surface area contributed by atoms with Crippen molar-refractivity contribution in [1.29, 1.82) is 0 Å². The Morgan fingerprint density at radius 3 is 2.52 bits per heavy atom. The first-order valence-electron chi connectivity index (χ1n) is 7.14. The lowest BCUT2D eigenvalue weighted by atomic mass is 9.99. The Bertz CT molecular complexity index is 665. The topological polar surface area (TPSA) is 80.5 Å². The van der Waals surface area contributed by atoms with E-state index in [0.717, 1.165) is 18.4 Å². The quantitative estimate of drug-likeness (QED) is 0.926. The first kappa shape index (κ1) is 16.0. The summed E-state index contributed by atoms with van der Waals surface area (Å²) in [4.78, 5) is 14.6. The van der Waals surface area contributed by atoms with Gasteiger partial charge in [-0.3, -0.25) is 4.79 Å². The Morgan fingerprint density at radius 1 is 1.38 bits per heavy atom. The van der Waals surface area contributed by atoms with Crippen molar-refractivity contribution in [3.05, 3.63) is 29.3 Å². The summed E-state index contributed by atoms with van der Waals surface area (Å²) in [5.74, 6) is -0.111. The summed E-state index contributed by atoms with van der Waals surface area (Å²) in [6.45, 7) is 6.71. The number of primary sulfonamides is 1. The molecule has 0 radical (unpaired) electrons. The van der Waals surface area contributed by atoms with Crippen molar-refractivity contribution < 1.29 is 13.2 Å². The molecular weight excluding hydrogens is 288 g/mol. The van der Waals surface area contributed by atoms with Crippen molar-refractivity contribution in [3.63, 3.8) is 0 Å². The number of carbonyl (C=O) groups is 1. The van der Waals surface area contributed by atoms with Crippen LogP contribution < -0.4 is 5.14 Å². The molecule has 21 heavy (non-hydrogen) atoms. The van der Waals surface area contributed by atoms with Crippen molar-refractivity contribution in [2.24, 2.45) is 5.14 Å². The van der Waals surface area contributed by atoms with Gasteiger partial charge in [0.2, 0.25) is 10.0 Å². The van der Waals surface area contributed by atoms with Crippen LogP contribution in [-0.4, -0.2) is 31.3 Å². The molecule has 0 aromatic heterocycles. The van der Waals surface area contributed by atoms with Crippen LogP contribution in [0.1, 0.15) is 49.5 Å². The van der Waals surface area contributed by atoms with Gasteiger partial charge in [-0.2, -0.15) is 0 Å². The van der Waals surface area contributed by atoms with Crippen LogP contribution in [-0.2, 0) is 16.4 Å². The molecule has 1 heterocycles. The van der Waals surface area contributed by atoms with Gasteiger partial charge in [0.05, 0.1) is 4.90 Å². The second-order valence-corrected chi connectivity index (χ2v) is 7.65.